The number of anilines is 3. The van der Waals surface area contributed by atoms with Crippen LogP contribution in [0.5, 0.6) is 57.5 Å². The van der Waals surface area contributed by atoms with E-state index in [1.807, 2.05) is 249 Å². The molecule has 716 valence electrons. The number of aromatic amines is 2. The molecule has 2 saturated heterocycles. The van der Waals surface area contributed by atoms with Crippen LogP contribution < -0.4 is 63.8 Å². The van der Waals surface area contributed by atoms with Crippen molar-refractivity contribution in [2.24, 2.45) is 11.5 Å². The summed E-state index contributed by atoms with van der Waals surface area (Å²) >= 11 is 3.32. The lowest BCUT2D eigenvalue weighted by Crippen LogP contribution is -2.45. The summed E-state index contributed by atoms with van der Waals surface area (Å²) in [7, 11) is -3.49. The molecule has 140 heavy (non-hydrogen) atoms. The maximum absolute atomic E-state index is 11.8. The van der Waals surface area contributed by atoms with Gasteiger partial charge in [-0.05, 0) is 227 Å². The van der Waals surface area contributed by atoms with E-state index in [-0.39, 0.29) is 37.1 Å². The Bertz CT molecular complexity index is 6790. The molecule has 10 aromatic carbocycles. The van der Waals surface area contributed by atoms with Crippen LogP contribution in [0.4, 0.5) is 27.9 Å². The Balaban J connectivity index is 0.000000203. The number of primary amides is 1. The van der Waals surface area contributed by atoms with E-state index < -0.39 is 27.9 Å². The fourth-order valence-electron chi connectivity index (χ4n) is 13.6. The Labute approximate surface area is 821 Å². The van der Waals surface area contributed by atoms with E-state index in [4.69, 9.17) is 90.2 Å². The highest BCUT2D eigenvalue weighted by Gasteiger charge is 2.30. The van der Waals surface area contributed by atoms with Crippen molar-refractivity contribution in [2.45, 2.75) is 71.1 Å². The molecule has 17 N–H and O–H groups in total. The molecule has 5 aromatic heterocycles. The number of carbonyl (C=O) groups excluding carboxylic acids is 3. The molecule has 2 amide bonds. The molecule has 33 nitrogen and oxygen atoms in total. The third-order valence-electron chi connectivity index (χ3n) is 19.8. The van der Waals surface area contributed by atoms with Gasteiger partial charge in [-0.25, -0.2) is 46.3 Å². The van der Waals surface area contributed by atoms with Crippen molar-refractivity contribution < 1.29 is 55.4 Å². The monoisotopic (exact) mass is 1960 g/mol. The molecule has 2 aliphatic heterocycles. The Kier molecular flexibility index (Phi) is 43.1. The van der Waals surface area contributed by atoms with Crippen molar-refractivity contribution in [1.82, 2.24) is 50.8 Å². The average molecular weight is 1970 g/mol. The number of nitrogens with one attached hydrogen (secondary N) is 4. The van der Waals surface area contributed by atoms with Gasteiger partial charge in [0.2, 0.25) is 12.1 Å². The maximum Gasteiger partial charge on any atom is 0.410 e. The summed E-state index contributed by atoms with van der Waals surface area (Å²) in [5.41, 5.74) is 36.2. The van der Waals surface area contributed by atoms with E-state index >= 15 is 0 Å². The summed E-state index contributed by atoms with van der Waals surface area (Å²) in [6, 6.07) is 90.0. The minimum absolute atomic E-state index is 0. The highest BCUT2D eigenvalue weighted by Crippen LogP contribution is 2.40. The molecule has 2 unspecified atom stereocenters. The van der Waals surface area contributed by atoms with E-state index in [0.717, 1.165) is 151 Å². The van der Waals surface area contributed by atoms with Gasteiger partial charge >= 0.3 is 6.09 Å². The number of alkyl halides is 1. The van der Waals surface area contributed by atoms with Crippen LogP contribution in [0.1, 0.15) is 75.3 Å². The van der Waals surface area contributed by atoms with E-state index in [0.29, 0.717) is 70.8 Å². The molecule has 0 saturated carbocycles. The van der Waals surface area contributed by atoms with Crippen LogP contribution in [-0.4, -0.2) is 128 Å². The molecule has 2 aliphatic rings. The van der Waals surface area contributed by atoms with Gasteiger partial charge in [-0.1, -0.05) is 155 Å². The number of likely N-dealkylation sites (tertiary alicyclic amines) is 1. The highest BCUT2D eigenvalue weighted by atomic mass is 79.9. The minimum Gasteiger partial charge on any atom is -0.457 e. The SMILES string of the molecule is CC(=O)c1ccc(Oc2ccccc2)cc1.CC(C)(C)OC(=O)N1CCCC(OS(C)(=O)=O)C1.N.N=CN.NC=O.Nc1ncnc2[nH]cc(-c3ccc(Oc4ccccc4)cc3)c12.Nc1ncnc2c1c(-c1ccc(Oc3ccccc3)cc1)cn2C1CCCNC1.[C-]#[N+]/C(C#N)=C(/CBr)c1ccc(Oc2ccccc2)cc1.[C-]#[N+]CC#N.[C-]#[N+]c1c(-c2ccc(Oc3ccccc3)cc2)c[nH]c1N. The molecule has 7 heterocycles. The number of nitrogens with two attached hydrogens (primary N) is 5. The Morgan fingerprint density at radius 2 is 0.986 bits per heavy atom. The van der Waals surface area contributed by atoms with E-state index in [2.05, 4.69) is 100 Å². The number of rotatable bonds is 19. The van der Waals surface area contributed by atoms with Crippen molar-refractivity contribution in [2.75, 3.05) is 61.5 Å². The largest absolute Gasteiger partial charge is 0.457 e. The number of fused-ring (bicyclic) bond motifs is 2. The first-order valence-electron chi connectivity index (χ1n) is 43.1. The number of ether oxygens (including phenoxy) is 6. The van der Waals surface area contributed by atoms with Crippen LogP contribution in [0.15, 0.2) is 310 Å². The molecule has 2 fully saturated rings. The van der Waals surface area contributed by atoms with Gasteiger partial charge in [-0.15, -0.1) is 0 Å². The van der Waals surface area contributed by atoms with Crippen molar-refractivity contribution in [1.29, 1.82) is 15.9 Å². The number of amides is 2. The number of carbonyl (C=O) groups is 3. The van der Waals surface area contributed by atoms with Gasteiger partial charge in [-0.3, -0.25) is 19.2 Å². The smallest absolute Gasteiger partial charge is 0.410 e. The fourth-order valence-corrected chi connectivity index (χ4v) is 14.8. The molecule has 0 radical (unpaired) electrons. The number of allylic oxidation sites excluding steroid dienone is 2. The number of Topliss-reactive ketones (excluding diaryl/α,β-unsaturated/α-hetero) is 1. The number of nitrogens with zero attached hydrogens (tertiary/aromatic N) is 11. The first-order chi connectivity index (χ1) is 67.2. The number of hydrogen-bond donors (Lipinski definition) is 10. The maximum atomic E-state index is 11.8. The van der Waals surface area contributed by atoms with Gasteiger partial charge in [0, 0.05) is 59.1 Å². The van der Waals surface area contributed by atoms with Crippen LogP contribution in [0.3, 0.4) is 0 Å². The normalized spacial score (nSPS) is 12.7. The Morgan fingerprint density at radius 3 is 1.36 bits per heavy atom. The Morgan fingerprint density at radius 1 is 0.579 bits per heavy atom. The molecular weight excluding hydrogens is 1860 g/mol. The molecule has 35 heteroatoms. The zero-order valence-electron chi connectivity index (χ0n) is 77.4. The number of benzene rings is 10. The quantitative estimate of drug-likeness (QED) is 0.00414. The van der Waals surface area contributed by atoms with Crippen molar-refractivity contribution in [3.8, 4) is 103 Å². The van der Waals surface area contributed by atoms with E-state index in [1.54, 1.807) is 70.6 Å². The van der Waals surface area contributed by atoms with Gasteiger partial charge in [0.05, 0.1) is 55.2 Å². The van der Waals surface area contributed by atoms with Gasteiger partial charge in [0.15, 0.2) is 5.78 Å². The fraction of sp³-hybridized carbons (Fsp3) is 0.171. The second-order valence-electron chi connectivity index (χ2n) is 30.9. The standard InChI is InChI=1S/C23H23N5O.C18H14N4O.C17H11BrN2O.C17H13N3O.C14H12O2.C11H21NO5S.C3H2N2.CH4N2.CH3NO.H3N/c24-22-21-20(14-28(23(21)27-15-26-22)17-5-4-12-25-13-17)16-8-10-19(11-9-16)29-18-6-2-1-3-7-18;19-17-16-15(10-20-18(16)22-11-21-17)12-6-8-14(9-7-12)23-13-4-2-1-3-5-13;1-20-17(12-19)16(11-18)13-7-9-15(10-8-13)21-14-5-3-2-4-6-14;1-19-16-15(11-20-17(16)18)12-7-9-14(10-8-12)21-13-5-3-2-4-6-13;1-11(15)12-7-9-14(10-8-12)16-13-5-3-2-4-6-13;1-11(2,3)16-10(13)12-7-5-6-9(8-12)17-18(4,14)15;1-5-3-2-4;2*2-1-3;/h1-3,6-11,14-15,17,25H,4-5,12-13H2,(H2,24,26,27);1-11H,(H3,19,20,21,22);2-10H,11H2;2-11,20H,18H2;2-10H,1H3;9H,5-8H2,1-4H3;3H2;1H,(H3,2,3);1H,(H2,2,3);1H3/b;;17-16-;;;;;;;. The summed E-state index contributed by atoms with van der Waals surface area (Å²) in [4.78, 5) is 65.5. The summed E-state index contributed by atoms with van der Waals surface area (Å²) in [6.45, 7) is 30.0. The third kappa shape index (κ3) is 34.1. The van der Waals surface area contributed by atoms with Crippen molar-refractivity contribution >= 4 is 101 Å². The summed E-state index contributed by atoms with van der Waals surface area (Å²) < 4.78 is 63.3. The zero-order chi connectivity index (χ0) is 99.9. The van der Waals surface area contributed by atoms with Crippen LogP contribution in [0.25, 0.3) is 75.6 Å². The molecule has 0 spiro atoms. The first-order valence-corrected chi connectivity index (χ1v) is 46.1. The van der Waals surface area contributed by atoms with Crippen LogP contribution in [0.2, 0.25) is 0 Å². The third-order valence-corrected chi connectivity index (χ3v) is 21.0. The highest BCUT2D eigenvalue weighted by molar-refractivity contribution is 9.09. The number of ketones is 1. The lowest BCUT2D eigenvalue weighted by molar-refractivity contribution is -0.106. The number of H-pyrrole nitrogens is 2. The van der Waals surface area contributed by atoms with E-state index in [9.17, 15) is 18.0 Å². The van der Waals surface area contributed by atoms with Crippen LogP contribution >= 0.6 is 15.9 Å². The second-order valence-corrected chi connectivity index (χ2v) is 33.0. The molecular formula is C105H106BrN21O12S. The number of nitriles is 2. The van der Waals surface area contributed by atoms with Gasteiger partial charge in [-0.2, -0.15) is 13.7 Å². The average Bonchev–Trinajstić information content (AvgIpc) is 1.61. The molecule has 0 aliphatic carbocycles. The lowest BCUT2D eigenvalue weighted by atomic mass is 10.1. The van der Waals surface area contributed by atoms with Crippen LogP contribution in [-0.2, 0) is 23.8 Å². The number of nitrogen functional groups attached to an aromatic ring is 3. The molecule has 2 atom stereocenters. The minimum atomic E-state index is -3.49. The number of halogens is 1. The second kappa shape index (κ2) is 56.0. The summed E-state index contributed by atoms with van der Waals surface area (Å²) in [5, 5.41) is 28.1. The van der Waals surface area contributed by atoms with Gasteiger partial charge < -0.3 is 92.8 Å². The van der Waals surface area contributed by atoms with E-state index in [1.165, 1.54) is 11.2 Å². The van der Waals surface area contributed by atoms with Crippen molar-refractivity contribution in [3.05, 3.63) is 355 Å². The molecule has 15 aromatic rings. The predicted molar refractivity (Wildman–Crippen MR) is 550 cm³/mol. The number of piperidine rings is 2. The topological polar surface area (TPSA) is 503 Å². The number of aromatic nitrogens is 7. The zero-order valence-corrected chi connectivity index (χ0v) is 79.8. The molecule has 17 rings (SSSR count). The number of para-hydroxylation sites is 5. The first kappa shape index (κ1) is 108. The Hall–Kier alpha value is -17.5. The predicted octanol–water partition coefficient (Wildman–Crippen LogP) is 22.3. The van der Waals surface area contributed by atoms with Gasteiger partial charge in [0.25, 0.3) is 22.4 Å². The summed E-state index contributed by atoms with van der Waals surface area (Å²) in [6.07, 6.45) is 13.5. The number of hydrogen-bond acceptors (Lipinski definition) is 24. The molecule has 0 bridgehead atoms. The summed E-state index contributed by atoms with van der Waals surface area (Å²) in [5.74, 6) is 9.17. The van der Waals surface area contributed by atoms with Gasteiger partial charge in [0.1, 0.15) is 111 Å². The lowest BCUT2D eigenvalue weighted by Gasteiger charge is -2.33. The van der Waals surface area contributed by atoms with Crippen molar-refractivity contribution in [3.63, 3.8) is 0 Å². The van der Waals surface area contributed by atoms with Crippen LogP contribution in [0, 0.1) is 47.8 Å².